The number of aromatic nitrogens is 3. The Bertz CT molecular complexity index is 1190. The lowest BCUT2D eigenvalue weighted by Crippen LogP contribution is -2.44. The van der Waals surface area contributed by atoms with E-state index in [0.29, 0.717) is 0 Å². The molecule has 0 saturated carbocycles. The Balaban J connectivity index is 1.46. The molecule has 0 spiro atoms. The van der Waals surface area contributed by atoms with Gasteiger partial charge in [-0.1, -0.05) is 32.1 Å². The van der Waals surface area contributed by atoms with Gasteiger partial charge in [0.05, 0.1) is 23.6 Å². The minimum Gasteiger partial charge on any atom is -0.380 e. The molecule has 1 fully saturated rings. The van der Waals surface area contributed by atoms with Gasteiger partial charge in [-0.15, -0.1) is 0 Å². The smallest absolute Gasteiger partial charge is 0.0699 e. The Hall–Kier alpha value is -3.25. The average Bonchev–Trinajstić information content (AvgIpc) is 3.49. The van der Waals surface area contributed by atoms with E-state index in [2.05, 4.69) is 87.5 Å². The summed E-state index contributed by atoms with van der Waals surface area (Å²) >= 11 is 0. The number of nitrogens with one attached hydrogen (secondary N) is 3. The summed E-state index contributed by atoms with van der Waals surface area (Å²) in [6, 6.07) is 6.97. The normalized spacial score (nSPS) is 19.3. The first kappa shape index (κ1) is 21.6. The molecular formula is C27H34N6. The predicted octanol–water partition coefficient (Wildman–Crippen LogP) is 5.09. The van der Waals surface area contributed by atoms with Crippen molar-refractivity contribution in [1.29, 1.82) is 0 Å². The van der Waals surface area contributed by atoms with Crippen LogP contribution in [0.2, 0.25) is 0 Å². The molecule has 6 heteroatoms. The minimum atomic E-state index is 0.152. The summed E-state index contributed by atoms with van der Waals surface area (Å²) in [6.45, 7) is 10.5. The number of unbranched alkanes of at least 4 members (excludes halogenated alkanes) is 1. The Kier molecular flexibility index (Phi) is 6.09. The van der Waals surface area contributed by atoms with Crippen molar-refractivity contribution >= 4 is 28.2 Å². The van der Waals surface area contributed by atoms with Crippen molar-refractivity contribution in [2.45, 2.75) is 32.2 Å². The molecule has 1 saturated heterocycles. The predicted molar refractivity (Wildman–Crippen MR) is 138 cm³/mol. The molecule has 33 heavy (non-hydrogen) atoms. The fourth-order valence-corrected chi connectivity index (χ4v) is 4.93. The van der Waals surface area contributed by atoms with Crippen molar-refractivity contribution in [2.24, 2.45) is 0 Å². The average molecular weight is 443 g/mol. The van der Waals surface area contributed by atoms with Gasteiger partial charge in [-0.3, -0.25) is 5.10 Å². The van der Waals surface area contributed by atoms with E-state index in [-0.39, 0.29) is 6.04 Å². The second-order valence-corrected chi connectivity index (χ2v) is 9.17. The van der Waals surface area contributed by atoms with Gasteiger partial charge in [0.1, 0.15) is 0 Å². The van der Waals surface area contributed by atoms with Crippen molar-refractivity contribution in [3.63, 3.8) is 0 Å². The first-order valence-corrected chi connectivity index (χ1v) is 12.1. The van der Waals surface area contributed by atoms with Gasteiger partial charge in [0.15, 0.2) is 0 Å². The molecule has 0 aliphatic carbocycles. The Labute approximate surface area is 196 Å². The van der Waals surface area contributed by atoms with Crippen LogP contribution >= 0.6 is 0 Å². The monoisotopic (exact) mass is 442 g/mol. The zero-order valence-electron chi connectivity index (χ0n) is 19.7. The summed E-state index contributed by atoms with van der Waals surface area (Å²) in [6.07, 6.45) is 13.9. The fourth-order valence-electron chi connectivity index (χ4n) is 4.93. The highest BCUT2D eigenvalue weighted by molar-refractivity contribution is 5.93. The van der Waals surface area contributed by atoms with Crippen LogP contribution in [-0.2, 0) is 0 Å². The van der Waals surface area contributed by atoms with Crippen molar-refractivity contribution in [3.05, 3.63) is 71.8 Å². The maximum absolute atomic E-state index is 4.24. The Morgan fingerprint density at radius 1 is 1.21 bits per heavy atom. The number of allylic oxidation sites excluding steroid dienone is 2. The second kappa shape index (κ2) is 9.32. The largest absolute Gasteiger partial charge is 0.380 e. The number of hydrogen-bond acceptors (Lipinski definition) is 4. The molecule has 1 unspecified atom stereocenters. The SMILES string of the molecule is C=Cc1[nH]ncc1C1=CNC(c2ccc3[nH]cc(N4CCN(C)CC4)c3c2)C=C1CCCC. The number of nitrogens with zero attached hydrogens (tertiary/aromatic N) is 3. The van der Waals surface area contributed by atoms with E-state index < -0.39 is 0 Å². The molecule has 2 aliphatic rings. The molecule has 0 radical (unpaired) electrons. The second-order valence-electron chi connectivity index (χ2n) is 9.17. The van der Waals surface area contributed by atoms with Crippen LogP contribution in [0.1, 0.15) is 49.0 Å². The molecule has 4 heterocycles. The highest BCUT2D eigenvalue weighted by atomic mass is 15.3. The van der Waals surface area contributed by atoms with Gasteiger partial charge in [0, 0.05) is 60.6 Å². The van der Waals surface area contributed by atoms with Crippen LogP contribution < -0.4 is 10.2 Å². The fraction of sp³-hybridized carbons (Fsp3) is 0.370. The molecular weight excluding hydrogens is 408 g/mol. The summed E-state index contributed by atoms with van der Waals surface area (Å²) < 4.78 is 0. The number of H-pyrrole nitrogens is 2. The molecule has 3 aromatic rings. The quantitative estimate of drug-likeness (QED) is 0.477. The lowest BCUT2D eigenvalue weighted by molar-refractivity contribution is 0.313. The molecule has 1 aromatic carbocycles. The number of likely N-dealkylation sites (N-methyl/N-ethyl adjacent to an activating group) is 1. The van der Waals surface area contributed by atoms with Gasteiger partial charge in [0.2, 0.25) is 0 Å². The first-order valence-electron chi connectivity index (χ1n) is 12.1. The highest BCUT2D eigenvalue weighted by Gasteiger charge is 2.22. The van der Waals surface area contributed by atoms with E-state index in [9.17, 15) is 0 Å². The molecule has 1 atom stereocenters. The number of anilines is 1. The lowest BCUT2D eigenvalue weighted by Gasteiger charge is -2.33. The molecule has 6 nitrogen and oxygen atoms in total. The zero-order chi connectivity index (χ0) is 22.8. The van der Waals surface area contributed by atoms with E-state index in [0.717, 1.165) is 43.9 Å². The van der Waals surface area contributed by atoms with Crippen molar-refractivity contribution in [1.82, 2.24) is 25.4 Å². The molecule has 0 amide bonds. The van der Waals surface area contributed by atoms with Crippen LogP contribution in [0.3, 0.4) is 0 Å². The van der Waals surface area contributed by atoms with Crippen molar-refractivity contribution in [3.8, 4) is 0 Å². The maximum atomic E-state index is 4.24. The highest BCUT2D eigenvalue weighted by Crippen LogP contribution is 2.36. The number of hydrogen-bond donors (Lipinski definition) is 3. The number of benzene rings is 1. The summed E-state index contributed by atoms with van der Waals surface area (Å²) in [5.74, 6) is 0. The van der Waals surface area contributed by atoms with Gasteiger partial charge in [-0.2, -0.15) is 5.10 Å². The third-order valence-corrected chi connectivity index (χ3v) is 6.97. The van der Waals surface area contributed by atoms with Crippen LogP contribution in [0.25, 0.3) is 22.6 Å². The van der Waals surface area contributed by atoms with Crippen LogP contribution in [0, 0.1) is 0 Å². The third-order valence-electron chi connectivity index (χ3n) is 6.97. The minimum absolute atomic E-state index is 0.152. The van der Waals surface area contributed by atoms with Crippen LogP contribution in [0.15, 0.2) is 55.0 Å². The summed E-state index contributed by atoms with van der Waals surface area (Å²) in [5.41, 5.74) is 8.46. The number of rotatable bonds is 7. The molecule has 3 N–H and O–H groups in total. The maximum Gasteiger partial charge on any atom is 0.0699 e. The summed E-state index contributed by atoms with van der Waals surface area (Å²) in [5, 5.41) is 12.3. The summed E-state index contributed by atoms with van der Waals surface area (Å²) in [7, 11) is 2.20. The van der Waals surface area contributed by atoms with Gasteiger partial charge < -0.3 is 20.1 Å². The topological polar surface area (TPSA) is 63.0 Å². The third kappa shape index (κ3) is 4.23. The van der Waals surface area contributed by atoms with Crippen LogP contribution in [0.4, 0.5) is 5.69 Å². The standard InChI is InChI=1S/C27H34N6/c1-4-6-7-19-15-26(28-16-22(19)23-17-30-31-24(23)5-2)20-8-9-25-21(14-20)27(18-29-25)33-12-10-32(3)11-13-33/h5,8-9,14-18,26,28-29H,2,4,6-7,10-13H2,1,3H3,(H,30,31). The number of dihydropyridines is 1. The van der Waals surface area contributed by atoms with Crippen molar-refractivity contribution < 1.29 is 0 Å². The van der Waals surface area contributed by atoms with Crippen LogP contribution in [0.5, 0.6) is 0 Å². The van der Waals surface area contributed by atoms with Gasteiger partial charge in [-0.05, 0) is 49.2 Å². The van der Waals surface area contributed by atoms with Crippen LogP contribution in [-0.4, -0.2) is 53.3 Å². The number of aromatic amines is 2. The number of fused-ring (bicyclic) bond motifs is 1. The molecule has 2 aromatic heterocycles. The van der Waals surface area contributed by atoms with Crippen molar-refractivity contribution in [2.75, 3.05) is 38.1 Å². The van der Waals surface area contributed by atoms with Gasteiger partial charge in [-0.25, -0.2) is 0 Å². The van der Waals surface area contributed by atoms with E-state index in [1.54, 1.807) is 0 Å². The number of piperazine rings is 1. The Morgan fingerprint density at radius 2 is 2.06 bits per heavy atom. The molecule has 172 valence electrons. The van der Waals surface area contributed by atoms with Gasteiger partial charge in [0.25, 0.3) is 0 Å². The van der Waals surface area contributed by atoms with Gasteiger partial charge >= 0.3 is 0 Å². The summed E-state index contributed by atoms with van der Waals surface area (Å²) in [4.78, 5) is 8.38. The molecule has 5 rings (SSSR count). The molecule has 0 bridgehead atoms. The molecule has 2 aliphatic heterocycles. The van der Waals surface area contributed by atoms with E-state index in [4.69, 9.17) is 0 Å². The lowest BCUT2D eigenvalue weighted by atomic mass is 9.89. The van der Waals surface area contributed by atoms with E-state index in [1.165, 1.54) is 46.1 Å². The van der Waals surface area contributed by atoms with E-state index >= 15 is 0 Å². The first-order chi connectivity index (χ1) is 16.2. The van der Waals surface area contributed by atoms with E-state index in [1.807, 2.05) is 12.3 Å². The zero-order valence-corrected chi connectivity index (χ0v) is 19.7. The Morgan fingerprint density at radius 3 is 2.85 bits per heavy atom.